The minimum absolute atomic E-state index is 0.746. The number of hydrogen-bond donors (Lipinski definition) is 1. The maximum atomic E-state index is 5.59. The van der Waals surface area contributed by atoms with Gasteiger partial charge >= 0.3 is 0 Å². The van der Waals surface area contributed by atoms with E-state index in [0.29, 0.717) is 0 Å². The molecule has 1 rings (SSSR count). The van der Waals surface area contributed by atoms with Crippen LogP contribution in [0.15, 0.2) is 16.5 Å². The molecule has 0 amide bonds. The van der Waals surface area contributed by atoms with Crippen molar-refractivity contribution >= 4 is 0 Å². The van der Waals surface area contributed by atoms with Crippen LogP contribution in [0.2, 0.25) is 0 Å². The van der Waals surface area contributed by atoms with Crippen molar-refractivity contribution in [3.05, 3.63) is 23.7 Å². The molecule has 0 aliphatic heterocycles. The first-order valence-electron chi connectivity index (χ1n) is 5.54. The lowest BCUT2D eigenvalue weighted by atomic mass is 10.1. The Morgan fingerprint density at radius 3 is 2.57 bits per heavy atom. The van der Waals surface area contributed by atoms with Gasteiger partial charge in [-0.2, -0.15) is 0 Å². The average Bonchev–Trinajstić information content (AvgIpc) is 2.65. The SMILES string of the molecule is CCc1ccc(CNCC(C)CC)o1. The highest BCUT2D eigenvalue weighted by Crippen LogP contribution is 2.08. The summed E-state index contributed by atoms with van der Waals surface area (Å²) in [5.41, 5.74) is 0. The molecule has 2 heteroatoms. The number of furan rings is 1. The molecule has 1 N–H and O–H groups in total. The molecule has 14 heavy (non-hydrogen) atoms. The first-order valence-corrected chi connectivity index (χ1v) is 5.54. The summed E-state index contributed by atoms with van der Waals surface area (Å²) in [6.45, 7) is 8.50. The average molecular weight is 195 g/mol. The minimum atomic E-state index is 0.746. The lowest BCUT2D eigenvalue weighted by molar-refractivity contribution is 0.430. The summed E-state index contributed by atoms with van der Waals surface area (Å²) < 4.78 is 5.59. The van der Waals surface area contributed by atoms with Gasteiger partial charge in [-0.1, -0.05) is 27.2 Å². The standard InChI is InChI=1S/C12H21NO/c1-4-10(3)8-13-9-12-7-6-11(5-2)14-12/h6-7,10,13H,4-5,8-9H2,1-3H3. The molecule has 0 saturated heterocycles. The van der Waals surface area contributed by atoms with Crippen LogP contribution in [0.3, 0.4) is 0 Å². The van der Waals surface area contributed by atoms with Crippen LogP contribution < -0.4 is 5.32 Å². The molecule has 0 bridgehead atoms. The normalized spacial score (nSPS) is 13.1. The second-order valence-corrected chi connectivity index (χ2v) is 3.87. The first-order chi connectivity index (χ1) is 6.76. The van der Waals surface area contributed by atoms with Crippen LogP contribution in [0.5, 0.6) is 0 Å². The second kappa shape index (κ2) is 5.86. The molecule has 0 aromatic carbocycles. The summed E-state index contributed by atoms with van der Waals surface area (Å²) in [4.78, 5) is 0. The van der Waals surface area contributed by atoms with Crippen molar-refractivity contribution in [3.8, 4) is 0 Å². The zero-order valence-electron chi connectivity index (χ0n) is 9.47. The van der Waals surface area contributed by atoms with Gasteiger partial charge in [-0.25, -0.2) is 0 Å². The van der Waals surface area contributed by atoms with Gasteiger partial charge in [0.25, 0.3) is 0 Å². The molecule has 0 spiro atoms. The number of hydrogen-bond acceptors (Lipinski definition) is 2. The lowest BCUT2D eigenvalue weighted by Crippen LogP contribution is -2.19. The fourth-order valence-corrected chi connectivity index (χ4v) is 1.29. The van der Waals surface area contributed by atoms with Crippen molar-refractivity contribution in [2.75, 3.05) is 6.54 Å². The second-order valence-electron chi connectivity index (χ2n) is 3.87. The summed E-state index contributed by atoms with van der Waals surface area (Å²) in [6, 6.07) is 4.11. The van der Waals surface area contributed by atoms with Crippen molar-refractivity contribution in [1.82, 2.24) is 5.32 Å². The van der Waals surface area contributed by atoms with E-state index in [0.717, 1.165) is 36.9 Å². The third-order valence-corrected chi connectivity index (χ3v) is 2.55. The Hall–Kier alpha value is -0.760. The highest BCUT2D eigenvalue weighted by molar-refractivity contribution is 5.06. The smallest absolute Gasteiger partial charge is 0.117 e. The fraction of sp³-hybridized carbons (Fsp3) is 0.667. The Labute approximate surface area is 86.7 Å². The predicted octanol–water partition coefficient (Wildman–Crippen LogP) is 2.98. The quantitative estimate of drug-likeness (QED) is 0.755. The van der Waals surface area contributed by atoms with Crippen LogP contribution in [0.4, 0.5) is 0 Å². The van der Waals surface area contributed by atoms with Crippen LogP contribution >= 0.6 is 0 Å². The van der Waals surface area contributed by atoms with Gasteiger partial charge in [0.1, 0.15) is 11.5 Å². The van der Waals surface area contributed by atoms with E-state index in [1.807, 2.05) is 0 Å². The third kappa shape index (κ3) is 3.54. The summed E-state index contributed by atoms with van der Waals surface area (Å²) >= 11 is 0. The van der Waals surface area contributed by atoms with Gasteiger partial charge in [0.2, 0.25) is 0 Å². The zero-order valence-corrected chi connectivity index (χ0v) is 9.47. The van der Waals surface area contributed by atoms with E-state index in [9.17, 15) is 0 Å². The van der Waals surface area contributed by atoms with Crippen LogP contribution in [-0.4, -0.2) is 6.54 Å². The molecular formula is C12H21NO. The van der Waals surface area contributed by atoms with E-state index in [1.54, 1.807) is 0 Å². The van der Waals surface area contributed by atoms with E-state index < -0.39 is 0 Å². The zero-order chi connectivity index (χ0) is 10.4. The highest BCUT2D eigenvalue weighted by atomic mass is 16.3. The molecule has 1 heterocycles. The molecule has 80 valence electrons. The fourth-order valence-electron chi connectivity index (χ4n) is 1.29. The van der Waals surface area contributed by atoms with Crippen molar-refractivity contribution in [2.45, 2.75) is 40.2 Å². The van der Waals surface area contributed by atoms with E-state index in [4.69, 9.17) is 4.42 Å². The van der Waals surface area contributed by atoms with Crippen LogP contribution in [0.1, 0.15) is 38.7 Å². The van der Waals surface area contributed by atoms with Gasteiger partial charge in [0.05, 0.1) is 6.54 Å². The first kappa shape index (κ1) is 11.3. The largest absolute Gasteiger partial charge is 0.465 e. The van der Waals surface area contributed by atoms with E-state index in [2.05, 4.69) is 38.2 Å². The minimum Gasteiger partial charge on any atom is -0.465 e. The number of nitrogens with one attached hydrogen (secondary N) is 1. The maximum Gasteiger partial charge on any atom is 0.117 e. The molecule has 0 aliphatic rings. The Morgan fingerprint density at radius 1 is 1.29 bits per heavy atom. The molecule has 1 atom stereocenters. The molecule has 2 nitrogen and oxygen atoms in total. The van der Waals surface area contributed by atoms with E-state index in [1.165, 1.54) is 6.42 Å². The van der Waals surface area contributed by atoms with Gasteiger partial charge in [-0.3, -0.25) is 0 Å². The molecule has 0 aliphatic carbocycles. The van der Waals surface area contributed by atoms with Crippen LogP contribution in [-0.2, 0) is 13.0 Å². The Morgan fingerprint density at radius 2 is 2.00 bits per heavy atom. The van der Waals surface area contributed by atoms with Crippen molar-refractivity contribution in [3.63, 3.8) is 0 Å². The van der Waals surface area contributed by atoms with Crippen molar-refractivity contribution in [1.29, 1.82) is 0 Å². The molecule has 1 unspecified atom stereocenters. The van der Waals surface area contributed by atoms with Gasteiger partial charge in [-0.15, -0.1) is 0 Å². The molecule has 0 saturated carbocycles. The van der Waals surface area contributed by atoms with Crippen molar-refractivity contribution < 1.29 is 4.42 Å². The summed E-state index contributed by atoms with van der Waals surface area (Å²) in [5.74, 6) is 2.87. The van der Waals surface area contributed by atoms with Gasteiger partial charge in [0, 0.05) is 6.42 Å². The number of rotatable bonds is 6. The molecule has 0 fully saturated rings. The van der Waals surface area contributed by atoms with Crippen molar-refractivity contribution in [2.24, 2.45) is 5.92 Å². The van der Waals surface area contributed by atoms with Gasteiger partial charge in [0.15, 0.2) is 0 Å². The lowest BCUT2D eigenvalue weighted by Gasteiger charge is -2.08. The third-order valence-electron chi connectivity index (χ3n) is 2.55. The maximum absolute atomic E-state index is 5.59. The number of aryl methyl sites for hydroxylation is 1. The van der Waals surface area contributed by atoms with Crippen LogP contribution in [0.25, 0.3) is 0 Å². The van der Waals surface area contributed by atoms with E-state index in [-0.39, 0.29) is 0 Å². The summed E-state index contributed by atoms with van der Waals surface area (Å²) in [7, 11) is 0. The molecule has 1 aromatic rings. The monoisotopic (exact) mass is 195 g/mol. The summed E-state index contributed by atoms with van der Waals surface area (Å²) in [6.07, 6.45) is 2.21. The highest BCUT2D eigenvalue weighted by Gasteiger charge is 2.01. The van der Waals surface area contributed by atoms with Gasteiger partial charge in [-0.05, 0) is 24.6 Å². The molecule has 1 aromatic heterocycles. The topological polar surface area (TPSA) is 25.2 Å². The Kier molecular flexibility index (Phi) is 4.74. The van der Waals surface area contributed by atoms with Gasteiger partial charge < -0.3 is 9.73 Å². The molecule has 0 radical (unpaired) electrons. The molecular weight excluding hydrogens is 174 g/mol. The van der Waals surface area contributed by atoms with Crippen LogP contribution in [0, 0.1) is 5.92 Å². The predicted molar refractivity (Wildman–Crippen MR) is 59.2 cm³/mol. The summed E-state index contributed by atoms with van der Waals surface area (Å²) in [5, 5.41) is 3.40. The van der Waals surface area contributed by atoms with E-state index >= 15 is 0 Å². The Bertz CT molecular complexity index is 255. The Balaban J connectivity index is 2.24.